The van der Waals surface area contributed by atoms with Crippen molar-refractivity contribution >= 4 is 27.3 Å². The lowest BCUT2D eigenvalue weighted by Crippen LogP contribution is -1.97. The van der Waals surface area contributed by atoms with E-state index in [0.717, 1.165) is 21.4 Å². The molecule has 0 heterocycles. The molecule has 2 aromatic carbocycles. The van der Waals surface area contributed by atoms with Gasteiger partial charge in [-0.25, -0.2) is 0 Å². The monoisotopic (exact) mass is 290 g/mol. The van der Waals surface area contributed by atoms with Crippen LogP contribution < -0.4 is 11.1 Å². The smallest absolute Gasteiger partial charge is 0.0395 e. The molecule has 0 atom stereocenters. The molecule has 0 aliphatic carbocycles. The van der Waals surface area contributed by atoms with Gasteiger partial charge in [0.15, 0.2) is 0 Å². The van der Waals surface area contributed by atoms with E-state index in [-0.39, 0.29) is 0 Å². The summed E-state index contributed by atoms with van der Waals surface area (Å²) in [5.74, 6) is 0. The molecule has 0 saturated carbocycles. The van der Waals surface area contributed by atoms with Crippen molar-refractivity contribution in [2.75, 3.05) is 5.32 Å². The average molecular weight is 291 g/mol. The van der Waals surface area contributed by atoms with Gasteiger partial charge in [0, 0.05) is 22.4 Å². The summed E-state index contributed by atoms with van der Waals surface area (Å²) in [4.78, 5) is 0. The zero-order valence-corrected chi connectivity index (χ0v) is 11.3. The highest BCUT2D eigenvalue weighted by atomic mass is 79.9. The van der Waals surface area contributed by atoms with E-state index in [9.17, 15) is 0 Å². The Balaban J connectivity index is 2.22. The second-order valence-electron chi connectivity index (χ2n) is 3.99. The molecular formula is C14H15BrN2. The minimum absolute atomic E-state index is 0.563. The van der Waals surface area contributed by atoms with Crippen LogP contribution in [0.2, 0.25) is 0 Å². The van der Waals surface area contributed by atoms with Gasteiger partial charge in [0.2, 0.25) is 0 Å². The molecule has 2 aromatic rings. The fraction of sp³-hybridized carbons (Fsp3) is 0.143. The number of hydrogen-bond acceptors (Lipinski definition) is 2. The molecule has 0 radical (unpaired) electrons. The molecule has 0 fully saturated rings. The second-order valence-corrected chi connectivity index (χ2v) is 4.85. The molecule has 2 rings (SSSR count). The fourth-order valence-electron chi connectivity index (χ4n) is 1.61. The molecule has 0 aromatic heterocycles. The van der Waals surface area contributed by atoms with Gasteiger partial charge in [-0.2, -0.15) is 0 Å². The maximum Gasteiger partial charge on any atom is 0.0395 e. The van der Waals surface area contributed by atoms with E-state index in [1.54, 1.807) is 0 Å². The second kappa shape index (κ2) is 5.34. The Bertz CT molecular complexity index is 523. The van der Waals surface area contributed by atoms with Crippen molar-refractivity contribution in [3.8, 4) is 0 Å². The van der Waals surface area contributed by atoms with Crippen LogP contribution in [0.4, 0.5) is 11.4 Å². The van der Waals surface area contributed by atoms with E-state index in [0.29, 0.717) is 6.54 Å². The molecule has 0 aliphatic heterocycles. The largest absolute Gasteiger partial charge is 0.355 e. The minimum Gasteiger partial charge on any atom is -0.355 e. The van der Waals surface area contributed by atoms with Crippen molar-refractivity contribution in [2.24, 2.45) is 5.73 Å². The Hall–Kier alpha value is -1.32. The Morgan fingerprint density at radius 1 is 1.12 bits per heavy atom. The third-order valence-electron chi connectivity index (χ3n) is 2.62. The minimum atomic E-state index is 0.563. The molecule has 17 heavy (non-hydrogen) atoms. The summed E-state index contributed by atoms with van der Waals surface area (Å²) in [6.45, 7) is 2.63. The van der Waals surface area contributed by atoms with E-state index in [1.165, 1.54) is 5.56 Å². The van der Waals surface area contributed by atoms with Gasteiger partial charge in [0.05, 0.1) is 0 Å². The Labute approximate surface area is 110 Å². The number of halogens is 1. The predicted octanol–water partition coefficient (Wildman–Crippen LogP) is 3.96. The Morgan fingerprint density at radius 3 is 2.59 bits per heavy atom. The van der Waals surface area contributed by atoms with Crippen molar-refractivity contribution in [2.45, 2.75) is 13.5 Å². The van der Waals surface area contributed by atoms with Crippen LogP contribution in [-0.4, -0.2) is 0 Å². The summed E-state index contributed by atoms with van der Waals surface area (Å²) >= 11 is 3.53. The first kappa shape index (κ1) is 12.1. The van der Waals surface area contributed by atoms with Crippen molar-refractivity contribution in [3.63, 3.8) is 0 Å². The number of rotatable bonds is 3. The third kappa shape index (κ3) is 3.08. The summed E-state index contributed by atoms with van der Waals surface area (Å²) in [5.41, 5.74) is 10.1. The molecule has 3 heteroatoms. The summed E-state index contributed by atoms with van der Waals surface area (Å²) in [6.07, 6.45) is 0. The molecule has 2 nitrogen and oxygen atoms in total. The predicted molar refractivity (Wildman–Crippen MR) is 76.5 cm³/mol. The van der Waals surface area contributed by atoms with Gasteiger partial charge in [-0.15, -0.1) is 0 Å². The lowest BCUT2D eigenvalue weighted by molar-refractivity contribution is 1.07. The van der Waals surface area contributed by atoms with E-state index in [2.05, 4.69) is 52.4 Å². The van der Waals surface area contributed by atoms with Crippen molar-refractivity contribution < 1.29 is 0 Å². The number of hydrogen-bond donors (Lipinski definition) is 2. The van der Waals surface area contributed by atoms with Crippen molar-refractivity contribution in [1.82, 2.24) is 0 Å². The summed E-state index contributed by atoms with van der Waals surface area (Å²) < 4.78 is 1.11. The lowest BCUT2D eigenvalue weighted by atomic mass is 10.2. The first-order valence-corrected chi connectivity index (χ1v) is 6.30. The van der Waals surface area contributed by atoms with Crippen LogP contribution in [0.1, 0.15) is 11.1 Å². The average Bonchev–Trinajstić information content (AvgIpc) is 2.34. The zero-order valence-electron chi connectivity index (χ0n) is 9.70. The first-order chi connectivity index (χ1) is 8.19. The van der Waals surface area contributed by atoms with Crippen LogP contribution in [0.3, 0.4) is 0 Å². The van der Waals surface area contributed by atoms with Gasteiger partial charge in [-0.3, -0.25) is 0 Å². The molecule has 88 valence electrons. The molecular weight excluding hydrogens is 276 g/mol. The van der Waals surface area contributed by atoms with Gasteiger partial charge in [0.1, 0.15) is 0 Å². The van der Waals surface area contributed by atoms with E-state index in [4.69, 9.17) is 5.73 Å². The molecule has 0 saturated heterocycles. The fourth-order valence-corrected chi connectivity index (χ4v) is 1.99. The number of nitrogens with one attached hydrogen (secondary N) is 1. The van der Waals surface area contributed by atoms with Crippen LogP contribution in [0.15, 0.2) is 46.9 Å². The molecule has 0 bridgehead atoms. The van der Waals surface area contributed by atoms with Crippen molar-refractivity contribution in [3.05, 3.63) is 58.1 Å². The van der Waals surface area contributed by atoms with Gasteiger partial charge in [0.25, 0.3) is 0 Å². The van der Waals surface area contributed by atoms with E-state index >= 15 is 0 Å². The quantitative estimate of drug-likeness (QED) is 0.898. The van der Waals surface area contributed by atoms with Crippen LogP contribution >= 0.6 is 15.9 Å². The lowest BCUT2D eigenvalue weighted by Gasteiger charge is -2.09. The zero-order chi connectivity index (χ0) is 12.3. The summed E-state index contributed by atoms with van der Waals surface area (Å²) in [6, 6.07) is 14.4. The van der Waals surface area contributed by atoms with Crippen molar-refractivity contribution in [1.29, 1.82) is 0 Å². The van der Waals surface area contributed by atoms with E-state index in [1.807, 2.05) is 18.2 Å². The van der Waals surface area contributed by atoms with Gasteiger partial charge < -0.3 is 11.1 Å². The normalized spacial score (nSPS) is 10.3. The standard InChI is InChI=1S/C14H15BrN2/c1-10-5-6-13(8-14(10)15)17-12-4-2-3-11(7-12)9-16/h2-8,17H,9,16H2,1H3. The third-order valence-corrected chi connectivity index (χ3v) is 3.48. The number of nitrogens with two attached hydrogens (primary N) is 1. The van der Waals surface area contributed by atoms with Crippen LogP contribution in [-0.2, 0) is 6.54 Å². The van der Waals surface area contributed by atoms with Crippen LogP contribution in [0.25, 0.3) is 0 Å². The molecule has 0 unspecified atom stereocenters. The maximum absolute atomic E-state index is 5.62. The number of aryl methyl sites for hydroxylation is 1. The number of benzene rings is 2. The summed E-state index contributed by atoms with van der Waals surface area (Å²) in [5, 5.41) is 3.36. The molecule has 0 spiro atoms. The maximum atomic E-state index is 5.62. The highest BCUT2D eigenvalue weighted by molar-refractivity contribution is 9.10. The SMILES string of the molecule is Cc1ccc(Nc2cccc(CN)c2)cc1Br. The Morgan fingerprint density at radius 2 is 1.88 bits per heavy atom. The highest BCUT2D eigenvalue weighted by Gasteiger charge is 1.99. The highest BCUT2D eigenvalue weighted by Crippen LogP contribution is 2.23. The van der Waals surface area contributed by atoms with Crippen LogP contribution in [0, 0.1) is 6.92 Å². The molecule has 0 aliphatic rings. The van der Waals surface area contributed by atoms with Gasteiger partial charge >= 0.3 is 0 Å². The Kier molecular flexibility index (Phi) is 3.82. The molecule has 0 amide bonds. The van der Waals surface area contributed by atoms with Gasteiger partial charge in [-0.05, 0) is 42.3 Å². The van der Waals surface area contributed by atoms with Crippen LogP contribution in [0.5, 0.6) is 0 Å². The van der Waals surface area contributed by atoms with Gasteiger partial charge in [-0.1, -0.05) is 34.1 Å². The van der Waals surface area contributed by atoms with E-state index < -0.39 is 0 Å². The first-order valence-electron chi connectivity index (χ1n) is 5.51. The number of anilines is 2. The summed E-state index contributed by atoms with van der Waals surface area (Å²) in [7, 11) is 0. The molecule has 3 N–H and O–H groups in total. The topological polar surface area (TPSA) is 38.0 Å².